The van der Waals surface area contributed by atoms with E-state index in [4.69, 9.17) is 4.74 Å². The summed E-state index contributed by atoms with van der Waals surface area (Å²) in [5.41, 5.74) is 1.93. The number of esters is 1. The standard InChI is InChI=1S/C20H22N2O3/c1-3-25-18(23)14-15-7-6-8-16(13-15)22(2)19(24)20(10-11-20)17-9-4-5-12-21-17/h4-9,12-13H,3,10-11,14H2,1-2H3. The normalized spacial score (nSPS) is 14.6. The molecule has 1 aliphatic carbocycles. The summed E-state index contributed by atoms with van der Waals surface area (Å²) >= 11 is 0. The van der Waals surface area contributed by atoms with E-state index >= 15 is 0 Å². The second kappa shape index (κ2) is 7.05. The second-order valence-corrected chi connectivity index (χ2v) is 6.31. The SMILES string of the molecule is CCOC(=O)Cc1cccc(N(C)C(=O)C2(c3ccccn3)CC2)c1. The molecule has 0 unspecified atom stereocenters. The molecule has 1 heterocycles. The molecular formula is C20H22N2O3. The maximum absolute atomic E-state index is 13.1. The molecule has 1 amide bonds. The van der Waals surface area contributed by atoms with Crippen molar-refractivity contribution in [2.24, 2.45) is 0 Å². The van der Waals surface area contributed by atoms with Crippen LogP contribution in [0.15, 0.2) is 48.7 Å². The van der Waals surface area contributed by atoms with E-state index in [1.807, 2.05) is 42.5 Å². The van der Waals surface area contributed by atoms with Crippen LogP contribution < -0.4 is 4.90 Å². The predicted octanol–water partition coefficient (Wildman–Crippen LogP) is 2.88. The van der Waals surface area contributed by atoms with E-state index in [1.54, 1.807) is 25.1 Å². The van der Waals surface area contributed by atoms with Crippen LogP contribution in [0.4, 0.5) is 5.69 Å². The highest BCUT2D eigenvalue weighted by Gasteiger charge is 2.53. The van der Waals surface area contributed by atoms with Crippen molar-refractivity contribution in [2.75, 3.05) is 18.6 Å². The average molecular weight is 338 g/mol. The smallest absolute Gasteiger partial charge is 0.310 e. The van der Waals surface area contributed by atoms with E-state index in [-0.39, 0.29) is 18.3 Å². The van der Waals surface area contributed by atoms with Crippen molar-refractivity contribution < 1.29 is 14.3 Å². The van der Waals surface area contributed by atoms with Crippen LogP contribution in [0.3, 0.4) is 0 Å². The Balaban J connectivity index is 1.78. The zero-order valence-corrected chi connectivity index (χ0v) is 14.6. The molecule has 130 valence electrons. The third kappa shape index (κ3) is 3.55. The number of benzene rings is 1. The molecule has 0 bridgehead atoms. The largest absolute Gasteiger partial charge is 0.466 e. The van der Waals surface area contributed by atoms with Crippen molar-refractivity contribution in [3.63, 3.8) is 0 Å². The number of likely N-dealkylation sites (N-methyl/N-ethyl adjacent to an activating group) is 1. The Morgan fingerprint density at radius 3 is 2.64 bits per heavy atom. The van der Waals surface area contributed by atoms with Crippen LogP contribution in [-0.2, 0) is 26.2 Å². The molecule has 5 heteroatoms. The van der Waals surface area contributed by atoms with Crippen LogP contribution in [0.25, 0.3) is 0 Å². The Hall–Kier alpha value is -2.69. The van der Waals surface area contributed by atoms with Gasteiger partial charge in [-0.1, -0.05) is 18.2 Å². The summed E-state index contributed by atoms with van der Waals surface area (Å²) in [6, 6.07) is 13.1. The molecule has 0 atom stereocenters. The number of carbonyl (C=O) groups is 2. The van der Waals surface area contributed by atoms with Crippen molar-refractivity contribution in [1.82, 2.24) is 4.98 Å². The molecule has 1 saturated carbocycles. The molecule has 0 spiro atoms. The minimum atomic E-state index is -0.507. The molecule has 0 saturated heterocycles. The summed E-state index contributed by atoms with van der Waals surface area (Å²) in [4.78, 5) is 30.8. The summed E-state index contributed by atoms with van der Waals surface area (Å²) in [5, 5.41) is 0. The van der Waals surface area contributed by atoms with Crippen LogP contribution >= 0.6 is 0 Å². The van der Waals surface area contributed by atoms with Gasteiger partial charge in [-0.05, 0) is 49.6 Å². The highest BCUT2D eigenvalue weighted by atomic mass is 16.5. The van der Waals surface area contributed by atoms with Crippen molar-refractivity contribution in [2.45, 2.75) is 31.6 Å². The molecule has 5 nitrogen and oxygen atoms in total. The molecule has 1 aromatic heterocycles. The van der Waals surface area contributed by atoms with Gasteiger partial charge in [0.2, 0.25) is 5.91 Å². The van der Waals surface area contributed by atoms with Gasteiger partial charge in [-0.25, -0.2) is 0 Å². The van der Waals surface area contributed by atoms with E-state index in [9.17, 15) is 9.59 Å². The monoisotopic (exact) mass is 338 g/mol. The lowest BCUT2D eigenvalue weighted by Gasteiger charge is -2.23. The lowest BCUT2D eigenvalue weighted by molar-refractivity contribution is -0.142. The lowest BCUT2D eigenvalue weighted by Crippen LogP contribution is -2.37. The molecule has 1 aromatic carbocycles. The van der Waals surface area contributed by atoms with Gasteiger partial charge in [-0.15, -0.1) is 0 Å². The Bertz CT molecular complexity index is 770. The number of anilines is 1. The molecule has 1 aliphatic rings. The van der Waals surface area contributed by atoms with E-state index in [2.05, 4.69) is 4.98 Å². The van der Waals surface area contributed by atoms with E-state index in [1.165, 1.54) is 0 Å². The first kappa shape index (κ1) is 17.1. The minimum Gasteiger partial charge on any atom is -0.466 e. The first-order valence-corrected chi connectivity index (χ1v) is 8.51. The molecule has 25 heavy (non-hydrogen) atoms. The number of rotatable bonds is 6. The third-order valence-electron chi connectivity index (χ3n) is 4.57. The van der Waals surface area contributed by atoms with Gasteiger partial charge >= 0.3 is 5.97 Å². The zero-order valence-electron chi connectivity index (χ0n) is 14.6. The topological polar surface area (TPSA) is 59.5 Å². The number of pyridine rings is 1. The predicted molar refractivity (Wildman–Crippen MR) is 95.3 cm³/mol. The van der Waals surface area contributed by atoms with Gasteiger partial charge < -0.3 is 9.64 Å². The van der Waals surface area contributed by atoms with E-state index in [0.717, 1.165) is 29.8 Å². The highest BCUT2D eigenvalue weighted by molar-refractivity contribution is 6.02. The lowest BCUT2D eigenvalue weighted by atomic mass is 9.99. The van der Waals surface area contributed by atoms with Crippen molar-refractivity contribution >= 4 is 17.6 Å². The van der Waals surface area contributed by atoms with Gasteiger partial charge in [-0.3, -0.25) is 14.6 Å². The summed E-state index contributed by atoms with van der Waals surface area (Å²) < 4.78 is 4.99. The molecule has 0 N–H and O–H groups in total. The molecule has 1 fully saturated rings. The molecule has 2 aromatic rings. The molecule has 0 radical (unpaired) electrons. The van der Waals surface area contributed by atoms with Crippen molar-refractivity contribution in [3.8, 4) is 0 Å². The average Bonchev–Trinajstić information content (AvgIpc) is 3.43. The molecule has 3 rings (SSSR count). The van der Waals surface area contributed by atoms with Crippen LogP contribution in [0, 0.1) is 0 Å². The Kier molecular flexibility index (Phi) is 4.83. The Labute approximate surface area is 147 Å². The van der Waals surface area contributed by atoms with Crippen molar-refractivity contribution in [3.05, 3.63) is 59.9 Å². The van der Waals surface area contributed by atoms with Gasteiger partial charge in [0.25, 0.3) is 0 Å². The number of aromatic nitrogens is 1. The van der Waals surface area contributed by atoms with Crippen LogP contribution in [-0.4, -0.2) is 30.5 Å². The van der Waals surface area contributed by atoms with Gasteiger partial charge in [0.05, 0.1) is 24.1 Å². The third-order valence-corrected chi connectivity index (χ3v) is 4.57. The van der Waals surface area contributed by atoms with Gasteiger partial charge in [-0.2, -0.15) is 0 Å². The summed E-state index contributed by atoms with van der Waals surface area (Å²) in [6.07, 6.45) is 3.56. The van der Waals surface area contributed by atoms with Crippen molar-refractivity contribution in [1.29, 1.82) is 0 Å². The number of amides is 1. The second-order valence-electron chi connectivity index (χ2n) is 6.31. The fraction of sp³-hybridized carbons (Fsp3) is 0.350. The van der Waals surface area contributed by atoms with E-state index in [0.29, 0.717) is 6.61 Å². The highest BCUT2D eigenvalue weighted by Crippen LogP contribution is 2.49. The first-order valence-electron chi connectivity index (χ1n) is 8.51. The summed E-state index contributed by atoms with van der Waals surface area (Å²) in [6.45, 7) is 2.15. The molecule has 0 aliphatic heterocycles. The van der Waals surface area contributed by atoms with Gasteiger partial charge in [0.15, 0.2) is 0 Å². The summed E-state index contributed by atoms with van der Waals surface area (Å²) in [5.74, 6) is -0.222. The Morgan fingerprint density at radius 1 is 1.20 bits per heavy atom. The maximum Gasteiger partial charge on any atom is 0.310 e. The fourth-order valence-electron chi connectivity index (χ4n) is 3.04. The van der Waals surface area contributed by atoms with Crippen LogP contribution in [0.2, 0.25) is 0 Å². The van der Waals surface area contributed by atoms with E-state index < -0.39 is 5.41 Å². The molecular weight excluding hydrogens is 316 g/mol. The number of nitrogens with zero attached hydrogens (tertiary/aromatic N) is 2. The van der Waals surface area contributed by atoms with Crippen LogP contribution in [0.5, 0.6) is 0 Å². The Morgan fingerprint density at radius 2 is 2.00 bits per heavy atom. The minimum absolute atomic E-state index is 0.0412. The van der Waals surface area contributed by atoms with Gasteiger partial charge in [0, 0.05) is 18.9 Å². The number of carbonyl (C=O) groups excluding carboxylic acids is 2. The van der Waals surface area contributed by atoms with Gasteiger partial charge in [0.1, 0.15) is 0 Å². The first-order chi connectivity index (χ1) is 12.1. The zero-order chi connectivity index (χ0) is 17.9. The fourth-order valence-corrected chi connectivity index (χ4v) is 3.04. The number of hydrogen-bond acceptors (Lipinski definition) is 4. The quantitative estimate of drug-likeness (QED) is 0.760. The number of hydrogen-bond donors (Lipinski definition) is 0. The summed E-state index contributed by atoms with van der Waals surface area (Å²) in [7, 11) is 1.77. The maximum atomic E-state index is 13.1. The number of ether oxygens (including phenoxy) is 1. The van der Waals surface area contributed by atoms with Crippen LogP contribution in [0.1, 0.15) is 31.0 Å².